The molecule has 5 nitrogen and oxygen atoms in total. The number of nitrogens with one attached hydrogen (secondary N) is 1. The van der Waals surface area contributed by atoms with Gasteiger partial charge in [0.05, 0.1) is 5.56 Å². The Balaban J connectivity index is 1.53. The number of amides is 1. The molecule has 1 aliphatic carbocycles. The summed E-state index contributed by atoms with van der Waals surface area (Å²) in [6, 6.07) is 9.14. The number of ether oxygens (including phenoxy) is 1. The topological polar surface area (TPSA) is 58.6 Å². The lowest BCUT2D eigenvalue weighted by atomic mass is 9.98. The molecule has 2 aromatic carbocycles. The molecule has 0 radical (unpaired) electrons. The van der Waals surface area contributed by atoms with Gasteiger partial charge in [-0.1, -0.05) is 17.7 Å². The molecule has 1 N–H and O–H groups in total. The van der Waals surface area contributed by atoms with Crippen LogP contribution in [0.3, 0.4) is 0 Å². The summed E-state index contributed by atoms with van der Waals surface area (Å²) in [6.45, 7) is 5.92. The first-order valence-corrected chi connectivity index (χ1v) is 13.3. The standard InChI is InChI=1S/C25H30ClFN2O3S/c1-15-9-17(11-19(26)10-15)14-29-8-4-5-23(16(29)2)32-24-13-22(27)21(25(30)28-33(3)31)12-20(24)18-6-7-18/h9-13,16,18,23H,4-8,14H2,1-3H3,(H,28,30). The van der Waals surface area contributed by atoms with Gasteiger partial charge in [0.15, 0.2) is 0 Å². The molecule has 3 unspecified atom stereocenters. The van der Waals surface area contributed by atoms with Gasteiger partial charge in [-0.25, -0.2) is 8.60 Å². The summed E-state index contributed by atoms with van der Waals surface area (Å²) in [6.07, 6.45) is 5.11. The monoisotopic (exact) mass is 492 g/mol. The average Bonchev–Trinajstić information content (AvgIpc) is 3.55. The van der Waals surface area contributed by atoms with Crippen molar-refractivity contribution in [1.29, 1.82) is 0 Å². The van der Waals surface area contributed by atoms with Crippen LogP contribution in [0.5, 0.6) is 5.75 Å². The van der Waals surface area contributed by atoms with Crippen LogP contribution in [0.4, 0.5) is 4.39 Å². The zero-order valence-corrected chi connectivity index (χ0v) is 20.8. The predicted molar refractivity (Wildman–Crippen MR) is 130 cm³/mol. The third-order valence-corrected chi connectivity index (χ3v) is 7.10. The summed E-state index contributed by atoms with van der Waals surface area (Å²) in [4.78, 5) is 14.7. The number of hydrogen-bond acceptors (Lipinski definition) is 4. The van der Waals surface area contributed by atoms with Crippen LogP contribution < -0.4 is 9.46 Å². The first kappa shape index (κ1) is 24.2. The number of carbonyl (C=O) groups is 1. The Hall–Kier alpha value is -1.96. The van der Waals surface area contributed by atoms with Crippen molar-refractivity contribution in [2.45, 2.75) is 64.1 Å². The molecule has 178 valence electrons. The molecule has 0 bridgehead atoms. The van der Waals surface area contributed by atoms with E-state index in [1.54, 1.807) is 6.07 Å². The maximum atomic E-state index is 14.8. The van der Waals surface area contributed by atoms with Gasteiger partial charge in [-0.2, -0.15) is 0 Å². The summed E-state index contributed by atoms with van der Waals surface area (Å²) in [5.41, 5.74) is 3.07. The second kappa shape index (κ2) is 10.1. The van der Waals surface area contributed by atoms with Crippen molar-refractivity contribution in [2.75, 3.05) is 12.8 Å². The second-order valence-electron chi connectivity index (χ2n) is 9.18. The fourth-order valence-electron chi connectivity index (χ4n) is 4.60. The van der Waals surface area contributed by atoms with Crippen LogP contribution in [0.1, 0.15) is 65.6 Å². The van der Waals surface area contributed by atoms with Crippen LogP contribution >= 0.6 is 11.6 Å². The van der Waals surface area contributed by atoms with Gasteiger partial charge in [-0.05, 0) is 86.9 Å². The smallest absolute Gasteiger partial charge is 0.265 e. The van der Waals surface area contributed by atoms with E-state index in [1.165, 1.54) is 17.9 Å². The van der Waals surface area contributed by atoms with Crippen LogP contribution in [-0.4, -0.2) is 40.0 Å². The zero-order valence-electron chi connectivity index (χ0n) is 19.2. The van der Waals surface area contributed by atoms with Crippen molar-refractivity contribution in [3.8, 4) is 5.75 Å². The summed E-state index contributed by atoms with van der Waals surface area (Å²) in [5.74, 6) is -0.548. The van der Waals surface area contributed by atoms with Gasteiger partial charge < -0.3 is 4.74 Å². The Morgan fingerprint density at radius 3 is 2.67 bits per heavy atom. The molecule has 2 aromatic rings. The number of piperidine rings is 1. The molecule has 0 spiro atoms. The van der Waals surface area contributed by atoms with Crippen LogP contribution in [0.2, 0.25) is 5.02 Å². The minimum Gasteiger partial charge on any atom is -0.488 e. The summed E-state index contributed by atoms with van der Waals surface area (Å²) in [7, 11) is -1.56. The van der Waals surface area contributed by atoms with Gasteiger partial charge in [0.1, 0.15) is 28.7 Å². The fraction of sp³-hybridized carbons (Fsp3) is 0.480. The Morgan fingerprint density at radius 1 is 1.24 bits per heavy atom. The second-order valence-corrected chi connectivity index (χ2v) is 10.7. The van der Waals surface area contributed by atoms with Crippen molar-refractivity contribution in [3.63, 3.8) is 0 Å². The van der Waals surface area contributed by atoms with E-state index in [0.29, 0.717) is 5.75 Å². The van der Waals surface area contributed by atoms with E-state index in [4.69, 9.17) is 16.3 Å². The number of hydrogen-bond donors (Lipinski definition) is 1. The SMILES string of the molecule is Cc1cc(Cl)cc(CN2CCCC(Oc3cc(F)c(C(=O)NS(C)=O)cc3C3CC3)C2C)c1. The van der Waals surface area contributed by atoms with E-state index < -0.39 is 22.7 Å². The van der Waals surface area contributed by atoms with E-state index in [9.17, 15) is 13.4 Å². The number of halogens is 2. The predicted octanol–water partition coefficient (Wildman–Crippen LogP) is 5.12. The van der Waals surface area contributed by atoms with Crippen LogP contribution in [0.15, 0.2) is 30.3 Å². The number of rotatable bonds is 7. The van der Waals surface area contributed by atoms with Crippen molar-refractivity contribution in [1.82, 2.24) is 9.62 Å². The van der Waals surface area contributed by atoms with Crippen molar-refractivity contribution < 1.29 is 18.1 Å². The zero-order chi connectivity index (χ0) is 23.7. The molecule has 4 rings (SSSR count). The molecule has 33 heavy (non-hydrogen) atoms. The number of nitrogens with zero attached hydrogens (tertiary/aromatic N) is 1. The van der Waals surface area contributed by atoms with Gasteiger partial charge in [-0.15, -0.1) is 0 Å². The summed E-state index contributed by atoms with van der Waals surface area (Å²) >= 11 is 6.25. The van der Waals surface area contributed by atoms with Crippen LogP contribution in [-0.2, 0) is 17.5 Å². The third kappa shape index (κ3) is 5.94. The Kier molecular flexibility index (Phi) is 7.41. The molecule has 2 fully saturated rings. The summed E-state index contributed by atoms with van der Waals surface area (Å²) in [5, 5.41) is 0.739. The minimum atomic E-state index is -1.56. The van der Waals surface area contributed by atoms with Gasteiger partial charge >= 0.3 is 0 Å². The molecule has 2 aliphatic rings. The van der Waals surface area contributed by atoms with E-state index in [1.807, 2.05) is 19.1 Å². The number of likely N-dealkylation sites (tertiary alicyclic amines) is 1. The normalized spacial score (nSPS) is 22.1. The molecule has 8 heteroatoms. The average molecular weight is 493 g/mol. The molecule has 1 saturated heterocycles. The van der Waals surface area contributed by atoms with Gasteiger partial charge in [0.2, 0.25) is 0 Å². The largest absolute Gasteiger partial charge is 0.488 e. The fourth-order valence-corrected chi connectivity index (χ4v) is 5.29. The number of carbonyl (C=O) groups excluding carboxylic acids is 1. The molecule has 1 saturated carbocycles. The van der Waals surface area contributed by atoms with Crippen molar-refractivity contribution >= 4 is 28.5 Å². The van der Waals surface area contributed by atoms with Crippen LogP contribution in [0, 0.1) is 12.7 Å². The molecular weight excluding hydrogens is 463 g/mol. The maximum Gasteiger partial charge on any atom is 0.265 e. The highest BCUT2D eigenvalue weighted by Crippen LogP contribution is 2.45. The highest BCUT2D eigenvalue weighted by molar-refractivity contribution is 7.82. The number of benzene rings is 2. The van der Waals surface area contributed by atoms with E-state index in [0.717, 1.165) is 54.9 Å². The quantitative estimate of drug-likeness (QED) is 0.582. The van der Waals surface area contributed by atoms with E-state index in [-0.39, 0.29) is 23.6 Å². The first-order valence-electron chi connectivity index (χ1n) is 11.4. The molecule has 1 aliphatic heterocycles. The van der Waals surface area contributed by atoms with Gasteiger partial charge in [0.25, 0.3) is 5.91 Å². The Bertz CT molecular complexity index is 1060. The highest BCUT2D eigenvalue weighted by atomic mass is 35.5. The maximum absolute atomic E-state index is 14.8. The first-order chi connectivity index (χ1) is 15.7. The Labute approximate surface area is 202 Å². The molecular formula is C25H30ClFN2O3S. The van der Waals surface area contributed by atoms with Crippen molar-refractivity contribution in [3.05, 3.63) is 63.4 Å². The molecule has 1 amide bonds. The molecule has 0 aromatic heterocycles. The van der Waals surface area contributed by atoms with Crippen LogP contribution in [0.25, 0.3) is 0 Å². The molecule has 3 atom stereocenters. The lowest BCUT2D eigenvalue weighted by molar-refractivity contribution is 0.0307. The summed E-state index contributed by atoms with van der Waals surface area (Å²) < 4.78 is 34.9. The lowest BCUT2D eigenvalue weighted by Crippen LogP contribution is -2.48. The third-order valence-electron chi connectivity index (χ3n) is 6.41. The van der Waals surface area contributed by atoms with E-state index in [2.05, 4.69) is 22.6 Å². The van der Waals surface area contributed by atoms with Gasteiger partial charge in [-0.3, -0.25) is 14.4 Å². The van der Waals surface area contributed by atoms with E-state index >= 15 is 0 Å². The Morgan fingerprint density at radius 2 is 2.00 bits per heavy atom. The molecule has 1 heterocycles. The number of aryl methyl sites for hydroxylation is 1. The van der Waals surface area contributed by atoms with Crippen molar-refractivity contribution in [2.24, 2.45) is 0 Å². The highest BCUT2D eigenvalue weighted by Gasteiger charge is 2.34. The van der Waals surface area contributed by atoms with Gasteiger partial charge in [0, 0.05) is 29.9 Å². The minimum absolute atomic E-state index is 0.0845. The lowest BCUT2D eigenvalue weighted by Gasteiger charge is -2.39.